The van der Waals surface area contributed by atoms with E-state index in [0.717, 1.165) is 16.8 Å². The number of hydrogen-bond donors (Lipinski definition) is 3. The van der Waals surface area contributed by atoms with Crippen LogP contribution in [-0.2, 0) is 22.1 Å². The van der Waals surface area contributed by atoms with E-state index in [1.165, 1.54) is 11.2 Å². The molecular weight excluding hydrogens is 423 g/mol. The van der Waals surface area contributed by atoms with E-state index in [1.54, 1.807) is 35.4 Å². The average Bonchev–Trinajstić information content (AvgIpc) is 3.40. The number of nitrogens with zero attached hydrogens (tertiary/aromatic N) is 5. The second-order valence-corrected chi connectivity index (χ2v) is 8.18. The fourth-order valence-corrected chi connectivity index (χ4v) is 3.41. The summed E-state index contributed by atoms with van der Waals surface area (Å²) in [5.74, 6) is 0.482. The van der Waals surface area contributed by atoms with Crippen molar-refractivity contribution < 1.29 is 23.4 Å². The maximum atomic E-state index is 10.9. The third-order valence-corrected chi connectivity index (χ3v) is 5.12. The van der Waals surface area contributed by atoms with Gasteiger partial charge in [-0.3, -0.25) is 4.52 Å². The predicted octanol–water partition coefficient (Wildman–Crippen LogP) is 1.47. The van der Waals surface area contributed by atoms with Gasteiger partial charge in [-0.1, -0.05) is 35.5 Å². The first-order valence-corrected chi connectivity index (χ1v) is 10.9. The van der Waals surface area contributed by atoms with Crippen molar-refractivity contribution in [1.29, 1.82) is 0 Å². The normalized spacial score (nSPS) is 16.5. The van der Waals surface area contributed by atoms with Crippen LogP contribution < -0.4 is 5.73 Å². The van der Waals surface area contributed by atoms with E-state index in [4.69, 9.17) is 20.0 Å². The quantitative estimate of drug-likeness (QED) is 0.435. The molecule has 0 aliphatic carbocycles. The largest absolute Gasteiger partial charge is 0.471 e. The molecule has 4 rings (SSSR count). The van der Waals surface area contributed by atoms with Crippen molar-refractivity contribution in [1.82, 2.24) is 24.8 Å². The first-order valence-electron chi connectivity index (χ1n) is 9.33. The number of allylic oxidation sites excluding steroid dienone is 2. The highest BCUT2D eigenvalue weighted by atomic mass is 31.2. The molecule has 0 bridgehead atoms. The Morgan fingerprint density at radius 3 is 2.71 bits per heavy atom. The zero-order valence-corrected chi connectivity index (χ0v) is 17.2. The second-order valence-electron chi connectivity index (χ2n) is 6.94. The van der Waals surface area contributed by atoms with Crippen LogP contribution in [0, 0.1) is 0 Å². The van der Waals surface area contributed by atoms with Crippen LogP contribution in [0.5, 0.6) is 0 Å². The molecule has 0 fully saturated rings. The molecule has 1 aromatic carbocycles. The lowest BCUT2D eigenvalue weighted by atomic mass is 10.0. The molecule has 0 saturated carbocycles. The maximum Gasteiger partial charge on any atom is 0.471 e. The van der Waals surface area contributed by atoms with E-state index >= 15 is 0 Å². The summed E-state index contributed by atoms with van der Waals surface area (Å²) in [6, 6.07) is 9.91. The van der Waals surface area contributed by atoms with E-state index in [2.05, 4.69) is 19.8 Å². The summed E-state index contributed by atoms with van der Waals surface area (Å²) in [6.07, 6.45) is 8.10. The highest BCUT2D eigenvalue weighted by Crippen LogP contribution is 2.36. The molecule has 4 N–H and O–H groups in total. The van der Waals surface area contributed by atoms with E-state index in [1.807, 2.05) is 24.3 Å². The third-order valence-electron chi connectivity index (χ3n) is 4.67. The Hall–Kier alpha value is -3.08. The molecule has 3 aromatic rings. The second kappa shape index (κ2) is 8.96. The summed E-state index contributed by atoms with van der Waals surface area (Å²) in [6.45, 7) is 0.289. The molecule has 162 valence electrons. The summed E-state index contributed by atoms with van der Waals surface area (Å²) in [5, 5.41) is 8.22. The van der Waals surface area contributed by atoms with Crippen molar-refractivity contribution in [3.05, 3.63) is 83.9 Å². The Labute approximate surface area is 177 Å². The fraction of sp³-hybridized carbons (Fsp3) is 0.211. The number of benzene rings is 1. The molecule has 12 heteroatoms. The zero-order valence-electron chi connectivity index (χ0n) is 16.4. The highest BCUT2D eigenvalue weighted by molar-refractivity contribution is 7.46. The lowest BCUT2D eigenvalue weighted by Gasteiger charge is -2.30. The fourth-order valence-electron chi connectivity index (χ4n) is 3.12. The van der Waals surface area contributed by atoms with Gasteiger partial charge >= 0.3 is 7.82 Å². The lowest BCUT2D eigenvalue weighted by molar-refractivity contribution is 0.110. The average molecular weight is 444 g/mol. The van der Waals surface area contributed by atoms with Gasteiger partial charge in [-0.05, 0) is 17.2 Å². The van der Waals surface area contributed by atoms with Crippen molar-refractivity contribution in [2.24, 2.45) is 5.73 Å². The first-order chi connectivity index (χ1) is 14.9. The summed E-state index contributed by atoms with van der Waals surface area (Å²) < 4.78 is 22.7. The maximum absolute atomic E-state index is 10.9. The van der Waals surface area contributed by atoms with Gasteiger partial charge in [0.15, 0.2) is 5.76 Å². The number of rotatable bonds is 8. The molecule has 0 spiro atoms. The Bertz CT molecular complexity index is 1120. The van der Waals surface area contributed by atoms with Gasteiger partial charge in [-0.2, -0.15) is 5.10 Å². The van der Waals surface area contributed by atoms with Crippen molar-refractivity contribution in [2.45, 2.75) is 19.1 Å². The van der Waals surface area contributed by atoms with Gasteiger partial charge in [0.1, 0.15) is 25.6 Å². The minimum absolute atomic E-state index is 0.360. The summed E-state index contributed by atoms with van der Waals surface area (Å²) in [5.41, 5.74) is 9.73. The summed E-state index contributed by atoms with van der Waals surface area (Å²) >= 11 is 0. The lowest BCUT2D eigenvalue weighted by Crippen LogP contribution is -2.41. The molecule has 1 unspecified atom stereocenters. The van der Waals surface area contributed by atoms with Crippen LogP contribution >= 0.6 is 7.82 Å². The topological polar surface area (TPSA) is 153 Å². The molecule has 0 amide bonds. The Morgan fingerprint density at radius 2 is 2.00 bits per heavy atom. The number of hydrogen-bond acceptors (Lipinski definition) is 8. The van der Waals surface area contributed by atoms with Gasteiger partial charge in [0.25, 0.3) is 0 Å². The zero-order chi connectivity index (χ0) is 21.8. The Balaban J connectivity index is 1.39. The van der Waals surface area contributed by atoms with Crippen LogP contribution in [0.2, 0.25) is 0 Å². The first kappa shape index (κ1) is 21.2. The van der Waals surface area contributed by atoms with Gasteiger partial charge in [0, 0.05) is 24.3 Å². The predicted molar refractivity (Wildman–Crippen MR) is 110 cm³/mol. The van der Waals surface area contributed by atoms with E-state index in [0.29, 0.717) is 24.3 Å². The molecule has 3 heterocycles. The molecule has 2 aromatic heterocycles. The minimum Gasteiger partial charge on any atom is -0.356 e. The molecule has 31 heavy (non-hydrogen) atoms. The van der Waals surface area contributed by atoms with Gasteiger partial charge in [0.05, 0.1) is 12.2 Å². The van der Waals surface area contributed by atoms with Crippen LogP contribution in [0.1, 0.15) is 22.6 Å². The molecule has 1 aliphatic rings. The van der Waals surface area contributed by atoms with Gasteiger partial charge in [0.2, 0.25) is 0 Å². The summed E-state index contributed by atoms with van der Waals surface area (Å²) in [7, 11) is -4.60. The summed E-state index contributed by atoms with van der Waals surface area (Å²) in [4.78, 5) is 23.2. The SMILES string of the molecule is NC1C(c2cc(Cc3ccc(Cn4cncn4)cc3)no2)=CC=CN1COP(=O)(O)O. The number of phosphoric ester groups is 1. The van der Waals surface area contributed by atoms with E-state index < -0.39 is 14.0 Å². The van der Waals surface area contributed by atoms with Crippen LogP contribution in [-0.4, -0.2) is 47.5 Å². The van der Waals surface area contributed by atoms with E-state index in [9.17, 15) is 4.57 Å². The smallest absolute Gasteiger partial charge is 0.356 e. The number of phosphoric acid groups is 1. The third kappa shape index (κ3) is 5.54. The van der Waals surface area contributed by atoms with Crippen molar-refractivity contribution in [2.75, 3.05) is 6.73 Å². The molecule has 0 saturated heterocycles. The highest BCUT2D eigenvalue weighted by Gasteiger charge is 2.25. The van der Waals surface area contributed by atoms with Crippen LogP contribution in [0.3, 0.4) is 0 Å². The molecule has 1 atom stereocenters. The van der Waals surface area contributed by atoms with Crippen molar-refractivity contribution >= 4 is 13.4 Å². The number of nitrogens with two attached hydrogens (primary N) is 1. The molecular formula is C19H21N6O5P. The number of aromatic nitrogens is 4. The van der Waals surface area contributed by atoms with Gasteiger partial charge in [-0.15, -0.1) is 0 Å². The minimum atomic E-state index is -4.60. The van der Waals surface area contributed by atoms with Crippen LogP contribution in [0.4, 0.5) is 0 Å². The van der Waals surface area contributed by atoms with Crippen molar-refractivity contribution in [3.8, 4) is 0 Å². The van der Waals surface area contributed by atoms with Gasteiger partial charge in [-0.25, -0.2) is 14.2 Å². The Morgan fingerprint density at radius 1 is 1.23 bits per heavy atom. The van der Waals surface area contributed by atoms with Crippen LogP contribution in [0.15, 0.2) is 65.9 Å². The van der Waals surface area contributed by atoms with Gasteiger partial charge < -0.3 is 24.9 Å². The standard InChI is InChI=1S/C19H21N6O5P/c20-19-17(2-1-7-24(19)13-29-31(26,27)28)18-9-16(23-30-18)8-14-3-5-15(6-4-14)10-25-12-21-11-22-25/h1-7,9,11-12,19H,8,10,13,20H2,(H2,26,27,28). The van der Waals surface area contributed by atoms with E-state index in [-0.39, 0.29) is 6.73 Å². The molecule has 1 aliphatic heterocycles. The van der Waals surface area contributed by atoms with Crippen LogP contribution in [0.25, 0.3) is 5.57 Å². The molecule has 0 radical (unpaired) electrons. The Kier molecular flexibility index (Phi) is 6.12. The van der Waals surface area contributed by atoms with Crippen molar-refractivity contribution in [3.63, 3.8) is 0 Å². The monoisotopic (exact) mass is 444 g/mol. The molecule has 11 nitrogen and oxygen atoms in total.